The van der Waals surface area contributed by atoms with E-state index in [2.05, 4.69) is 41.8 Å². The van der Waals surface area contributed by atoms with Gasteiger partial charge in [-0.25, -0.2) is 14.6 Å². The molecule has 2 N–H and O–H groups in total. The van der Waals surface area contributed by atoms with Gasteiger partial charge in [0.2, 0.25) is 5.95 Å². The maximum absolute atomic E-state index is 9.63. The Hall–Kier alpha value is -4.65. The molecule has 2 aliphatic rings. The van der Waals surface area contributed by atoms with Crippen molar-refractivity contribution in [2.45, 2.75) is 63.8 Å². The first-order chi connectivity index (χ1) is 22.6. The van der Waals surface area contributed by atoms with Gasteiger partial charge in [-0.2, -0.15) is 5.26 Å². The second-order valence-electron chi connectivity index (χ2n) is 11.6. The van der Waals surface area contributed by atoms with Crippen molar-refractivity contribution in [1.82, 2.24) is 44.9 Å². The average molecular weight is 630 g/mol. The summed E-state index contributed by atoms with van der Waals surface area (Å²) in [5.41, 5.74) is 2.67. The molecule has 0 amide bonds. The van der Waals surface area contributed by atoms with Crippen molar-refractivity contribution >= 4 is 11.6 Å². The number of nitriles is 1. The molecule has 6 rings (SSSR count). The minimum absolute atomic E-state index is 0.0416. The fourth-order valence-corrected chi connectivity index (χ4v) is 5.95. The maximum Gasteiger partial charge on any atom is 0.256 e. The van der Waals surface area contributed by atoms with Crippen molar-refractivity contribution in [2.75, 3.05) is 44.8 Å². The van der Waals surface area contributed by atoms with Crippen molar-refractivity contribution in [3.63, 3.8) is 0 Å². The molecule has 3 aromatic heterocycles. The van der Waals surface area contributed by atoms with Crippen molar-refractivity contribution in [3.05, 3.63) is 48.7 Å². The van der Waals surface area contributed by atoms with E-state index in [-0.39, 0.29) is 18.8 Å². The first-order valence-electron chi connectivity index (χ1n) is 15.7. The van der Waals surface area contributed by atoms with Crippen LogP contribution >= 0.6 is 0 Å². The van der Waals surface area contributed by atoms with Gasteiger partial charge in [-0.05, 0) is 60.7 Å². The van der Waals surface area contributed by atoms with E-state index in [9.17, 15) is 10.4 Å². The third-order valence-corrected chi connectivity index (χ3v) is 8.34. The molecule has 2 fully saturated rings. The number of nitrogens with one attached hydrogen (secondary N) is 1. The number of ether oxygens (including phenoxy) is 3. The summed E-state index contributed by atoms with van der Waals surface area (Å²) in [5.74, 6) is 1.31. The Morgan fingerprint density at radius 3 is 2.61 bits per heavy atom. The fraction of sp³-hybridized carbons (Fsp3) is 0.516. The Labute approximate surface area is 267 Å². The third kappa shape index (κ3) is 7.76. The number of hydrogen-bond acceptors (Lipinski definition) is 13. The molecule has 1 aliphatic heterocycles. The van der Waals surface area contributed by atoms with Crippen LogP contribution in [-0.2, 0) is 11.3 Å². The maximum atomic E-state index is 9.63. The number of benzene rings is 1. The first-order valence-corrected chi connectivity index (χ1v) is 15.7. The molecule has 15 heteroatoms. The molecule has 1 aliphatic carbocycles. The SMILES string of the molecule is C[C@@H](Cn1cnnn1)Oc1cc(-c2cnc(Nc3cn([C@H]4CC[C@H](N5CCOCC5)CC4)nc3OCCCO)nc2)ccc1C#N. The lowest BCUT2D eigenvalue weighted by molar-refractivity contribution is 0.00503. The van der Waals surface area contributed by atoms with Gasteiger partial charge in [0, 0.05) is 50.1 Å². The van der Waals surface area contributed by atoms with Crippen LogP contribution in [0, 0.1) is 11.3 Å². The summed E-state index contributed by atoms with van der Waals surface area (Å²) in [6, 6.07) is 8.44. The molecule has 4 heterocycles. The van der Waals surface area contributed by atoms with E-state index in [0.717, 1.165) is 63.1 Å². The number of anilines is 2. The Kier molecular flexibility index (Phi) is 10.3. The molecule has 46 heavy (non-hydrogen) atoms. The lowest BCUT2D eigenvalue weighted by Crippen LogP contribution is -2.45. The molecule has 4 aromatic rings. The highest BCUT2D eigenvalue weighted by Crippen LogP contribution is 2.35. The lowest BCUT2D eigenvalue weighted by Gasteiger charge is -2.38. The summed E-state index contributed by atoms with van der Waals surface area (Å²) in [4.78, 5) is 11.7. The predicted molar refractivity (Wildman–Crippen MR) is 166 cm³/mol. The van der Waals surface area contributed by atoms with E-state index in [1.54, 1.807) is 23.1 Å². The van der Waals surface area contributed by atoms with Crippen LogP contribution < -0.4 is 14.8 Å². The molecule has 0 spiro atoms. The van der Waals surface area contributed by atoms with Crippen molar-refractivity contribution in [1.29, 1.82) is 5.26 Å². The van der Waals surface area contributed by atoms with Crippen molar-refractivity contribution in [2.24, 2.45) is 0 Å². The van der Waals surface area contributed by atoms with E-state index in [1.807, 2.05) is 29.9 Å². The van der Waals surface area contributed by atoms with Crippen LogP contribution in [0.1, 0.15) is 50.6 Å². The Morgan fingerprint density at radius 1 is 1.11 bits per heavy atom. The topological polar surface area (TPSA) is 174 Å². The van der Waals surface area contributed by atoms with Crippen molar-refractivity contribution in [3.8, 4) is 28.8 Å². The highest BCUT2D eigenvalue weighted by Gasteiger charge is 2.29. The number of aromatic nitrogens is 8. The van der Waals surface area contributed by atoms with E-state index < -0.39 is 0 Å². The Morgan fingerprint density at radius 2 is 1.89 bits per heavy atom. The highest BCUT2D eigenvalue weighted by molar-refractivity contribution is 5.67. The Balaban J connectivity index is 1.13. The van der Waals surface area contributed by atoms with Gasteiger partial charge in [0.1, 0.15) is 29.9 Å². The largest absolute Gasteiger partial charge is 0.487 e. The van der Waals surface area contributed by atoms with E-state index in [4.69, 9.17) is 19.3 Å². The zero-order chi connectivity index (χ0) is 31.7. The van der Waals surface area contributed by atoms with Crippen LogP contribution in [0.3, 0.4) is 0 Å². The summed E-state index contributed by atoms with van der Waals surface area (Å²) in [5, 5.41) is 38.1. The molecule has 0 bridgehead atoms. The molecule has 0 radical (unpaired) electrons. The smallest absolute Gasteiger partial charge is 0.256 e. The normalized spacial score (nSPS) is 19.3. The number of hydrogen-bond donors (Lipinski definition) is 2. The minimum atomic E-state index is -0.275. The lowest BCUT2D eigenvalue weighted by atomic mass is 9.90. The molecular weight excluding hydrogens is 590 g/mol. The molecule has 1 saturated carbocycles. The predicted octanol–water partition coefficient (Wildman–Crippen LogP) is 2.99. The molecule has 0 unspecified atom stereocenters. The van der Waals surface area contributed by atoms with Gasteiger partial charge < -0.3 is 24.6 Å². The quantitative estimate of drug-likeness (QED) is 0.207. The van der Waals surface area contributed by atoms with Crippen molar-refractivity contribution < 1.29 is 19.3 Å². The molecule has 1 atom stereocenters. The van der Waals surface area contributed by atoms with Crippen LogP contribution in [0.4, 0.5) is 11.6 Å². The van der Waals surface area contributed by atoms with E-state index in [0.29, 0.717) is 54.4 Å². The second-order valence-corrected chi connectivity index (χ2v) is 11.6. The fourth-order valence-electron chi connectivity index (χ4n) is 5.95. The van der Waals surface area contributed by atoms with Gasteiger partial charge >= 0.3 is 0 Å². The van der Waals surface area contributed by atoms with Crippen LogP contribution in [0.5, 0.6) is 11.6 Å². The summed E-state index contributed by atoms with van der Waals surface area (Å²) in [7, 11) is 0. The minimum Gasteiger partial charge on any atom is -0.487 e. The van der Waals surface area contributed by atoms with Gasteiger partial charge in [0.05, 0.1) is 44.2 Å². The molecule has 15 nitrogen and oxygen atoms in total. The number of rotatable bonds is 13. The molecule has 242 valence electrons. The molecular formula is C31H39N11O4. The first kappa shape index (κ1) is 31.3. The zero-order valence-corrected chi connectivity index (χ0v) is 25.9. The van der Waals surface area contributed by atoms with Gasteiger partial charge in [0.25, 0.3) is 5.88 Å². The van der Waals surface area contributed by atoms with Gasteiger partial charge in [-0.3, -0.25) is 9.58 Å². The molecule has 1 saturated heterocycles. The number of nitrogens with zero attached hydrogens (tertiary/aromatic N) is 10. The third-order valence-electron chi connectivity index (χ3n) is 8.34. The number of tetrazole rings is 1. The Bertz CT molecular complexity index is 1570. The van der Waals surface area contributed by atoms with Crippen LogP contribution in [0.25, 0.3) is 11.1 Å². The monoisotopic (exact) mass is 629 g/mol. The van der Waals surface area contributed by atoms with Gasteiger partial charge in [-0.15, -0.1) is 10.2 Å². The van der Waals surface area contributed by atoms with Gasteiger partial charge in [0.15, 0.2) is 0 Å². The number of morpholine rings is 1. The van der Waals surface area contributed by atoms with Crippen LogP contribution in [-0.4, -0.2) is 102 Å². The summed E-state index contributed by atoms with van der Waals surface area (Å²) in [6.45, 7) is 6.37. The van der Waals surface area contributed by atoms with Gasteiger partial charge in [-0.1, -0.05) is 6.07 Å². The number of aliphatic hydroxyl groups excluding tert-OH is 1. The highest BCUT2D eigenvalue weighted by atomic mass is 16.5. The molecule has 1 aromatic carbocycles. The second kappa shape index (κ2) is 15.1. The van der Waals surface area contributed by atoms with E-state index in [1.165, 1.54) is 6.33 Å². The average Bonchev–Trinajstić information content (AvgIpc) is 3.75. The van der Waals surface area contributed by atoms with Crippen LogP contribution in [0.15, 0.2) is 43.1 Å². The number of aliphatic hydroxyl groups is 1. The summed E-state index contributed by atoms with van der Waals surface area (Å²) in [6.07, 6.45) is 11.5. The summed E-state index contributed by atoms with van der Waals surface area (Å²) < 4.78 is 21.1. The van der Waals surface area contributed by atoms with Crippen LogP contribution in [0.2, 0.25) is 0 Å². The standard InChI is InChI=1S/C31H39N11O4/c1-22(19-41-21-35-38-39-41)46-29-15-23(3-4-24(29)16-32)25-17-33-31(34-18-25)36-28-20-42(37-30(28)45-12-2-11-43)27-7-5-26(6-8-27)40-9-13-44-14-10-40/h3-4,15,17-18,20-22,26-27,43H,2,5-14,19H2,1H3,(H,33,34,36)/t22-,26-,27-/m0/s1. The summed E-state index contributed by atoms with van der Waals surface area (Å²) >= 11 is 0. The van der Waals surface area contributed by atoms with E-state index >= 15 is 0 Å². The zero-order valence-electron chi connectivity index (χ0n) is 25.9.